The van der Waals surface area contributed by atoms with Gasteiger partial charge in [-0.05, 0) is 36.6 Å². The highest BCUT2D eigenvalue weighted by atomic mass is 16.5. The molecule has 1 amide bonds. The van der Waals surface area contributed by atoms with Crippen LogP contribution >= 0.6 is 0 Å². The van der Waals surface area contributed by atoms with Crippen LogP contribution in [-0.4, -0.2) is 47.4 Å². The highest BCUT2D eigenvalue weighted by Gasteiger charge is 2.23. The maximum atomic E-state index is 12.3. The molecule has 140 valence electrons. The van der Waals surface area contributed by atoms with Gasteiger partial charge in [-0.3, -0.25) is 9.89 Å². The Kier molecular flexibility index (Phi) is 6.21. The average Bonchev–Trinajstić information content (AvgIpc) is 3.10. The van der Waals surface area contributed by atoms with Crippen molar-refractivity contribution in [2.45, 2.75) is 26.3 Å². The number of carboxylic acids is 1. The molecule has 0 unspecified atom stereocenters. The van der Waals surface area contributed by atoms with Crippen molar-refractivity contribution in [1.82, 2.24) is 15.5 Å². The lowest BCUT2D eigenvalue weighted by molar-refractivity contribution is -0.139. The SMILES string of the molecule is COc1ccc(-c2cc(C(=O)N[C@H](CC(C)C)C(=O)O)[nH]n2)cc1OC. The second-order valence-electron chi connectivity index (χ2n) is 6.23. The fraction of sp³-hybridized carbons (Fsp3) is 0.389. The number of rotatable bonds is 8. The number of carboxylic acid groups (broad SMARTS) is 1. The summed E-state index contributed by atoms with van der Waals surface area (Å²) in [4.78, 5) is 23.6. The third-order valence-corrected chi connectivity index (χ3v) is 3.81. The Labute approximate surface area is 151 Å². The van der Waals surface area contributed by atoms with Gasteiger partial charge in [0.15, 0.2) is 11.5 Å². The summed E-state index contributed by atoms with van der Waals surface area (Å²) in [6.45, 7) is 3.79. The third-order valence-electron chi connectivity index (χ3n) is 3.81. The summed E-state index contributed by atoms with van der Waals surface area (Å²) in [5, 5.41) is 18.5. The lowest BCUT2D eigenvalue weighted by atomic mass is 10.0. The van der Waals surface area contributed by atoms with Crippen LogP contribution in [-0.2, 0) is 4.79 Å². The van der Waals surface area contributed by atoms with Crippen molar-refractivity contribution in [3.8, 4) is 22.8 Å². The maximum absolute atomic E-state index is 12.3. The number of ether oxygens (including phenoxy) is 2. The zero-order valence-corrected chi connectivity index (χ0v) is 15.2. The van der Waals surface area contributed by atoms with Crippen molar-refractivity contribution in [2.24, 2.45) is 5.92 Å². The minimum atomic E-state index is -1.06. The molecule has 0 spiro atoms. The zero-order chi connectivity index (χ0) is 19.3. The molecule has 2 rings (SSSR count). The molecule has 0 aliphatic rings. The van der Waals surface area contributed by atoms with Crippen LogP contribution in [0.15, 0.2) is 24.3 Å². The Morgan fingerprint density at radius 3 is 2.46 bits per heavy atom. The van der Waals surface area contributed by atoms with E-state index < -0.39 is 17.9 Å². The molecule has 0 aliphatic carbocycles. The highest BCUT2D eigenvalue weighted by Crippen LogP contribution is 2.31. The standard InChI is InChI=1S/C18H23N3O5/c1-10(2)7-14(18(23)24)19-17(22)13-9-12(20-21-13)11-5-6-15(25-3)16(8-11)26-4/h5-6,8-10,14H,7H2,1-4H3,(H,19,22)(H,20,21)(H,23,24)/t14-/m1/s1. The van der Waals surface area contributed by atoms with E-state index in [1.54, 1.807) is 31.4 Å². The van der Waals surface area contributed by atoms with Gasteiger partial charge in [0.05, 0.1) is 19.9 Å². The van der Waals surface area contributed by atoms with Gasteiger partial charge in [-0.25, -0.2) is 4.79 Å². The van der Waals surface area contributed by atoms with Crippen molar-refractivity contribution in [3.63, 3.8) is 0 Å². The second kappa shape index (κ2) is 8.37. The second-order valence-corrected chi connectivity index (χ2v) is 6.23. The summed E-state index contributed by atoms with van der Waals surface area (Å²) < 4.78 is 10.5. The van der Waals surface area contributed by atoms with Crippen LogP contribution in [0.5, 0.6) is 11.5 Å². The third kappa shape index (κ3) is 4.53. The smallest absolute Gasteiger partial charge is 0.326 e. The molecule has 8 nitrogen and oxygen atoms in total. The van der Waals surface area contributed by atoms with E-state index in [4.69, 9.17) is 9.47 Å². The van der Waals surface area contributed by atoms with Gasteiger partial charge in [-0.1, -0.05) is 13.8 Å². The molecule has 8 heteroatoms. The Morgan fingerprint density at radius 2 is 1.88 bits per heavy atom. The summed E-state index contributed by atoms with van der Waals surface area (Å²) in [5.41, 5.74) is 1.45. The van der Waals surface area contributed by atoms with Gasteiger partial charge in [-0.15, -0.1) is 0 Å². The molecular formula is C18H23N3O5. The molecule has 3 N–H and O–H groups in total. The van der Waals surface area contributed by atoms with E-state index in [2.05, 4.69) is 15.5 Å². The summed E-state index contributed by atoms with van der Waals surface area (Å²) in [7, 11) is 3.08. The molecule has 0 fully saturated rings. The number of nitrogens with zero attached hydrogens (tertiary/aromatic N) is 1. The van der Waals surface area contributed by atoms with Gasteiger partial charge in [0, 0.05) is 5.56 Å². The van der Waals surface area contributed by atoms with Gasteiger partial charge in [-0.2, -0.15) is 5.10 Å². The highest BCUT2D eigenvalue weighted by molar-refractivity contribution is 5.95. The van der Waals surface area contributed by atoms with Crippen LogP contribution < -0.4 is 14.8 Å². The summed E-state index contributed by atoms with van der Waals surface area (Å²) in [5.74, 6) is -0.311. The van der Waals surface area contributed by atoms with Crippen LogP contribution in [0, 0.1) is 5.92 Å². The van der Waals surface area contributed by atoms with E-state index in [-0.39, 0.29) is 11.6 Å². The lowest BCUT2D eigenvalue weighted by Crippen LogP contribution is -2.41. The number of aromatic nitrogens is 2. The van der Waals surface area contributed by atoms with Crippen molar-refractivity contribution >= 4 is 11.9 Å². The summed E-state index contributed by atoms with van der Waals surface area (Å²) in [6.07, 6.45) is 0.345. The molecule has 0 saturated heterocycles. The molecule has 0 bridgehead atoms. The summed E-state index contributed by atoms with van der Waals surface area (Å²) in [6, 6.07) is 5.89. The van der Waals surface area contributed by atoms with Crippen molar-refractivity contribution in [3.05, 3.63) is 30.0 Å². The predicted octanol–water partition coefficient (Wildman–Crippen LogP) is 2.32. The molecule has 2 aromatic rings. The predicted molar refractivity (Wildman–Crippen MR) is 95.5 cm³/mol. The number of benzene rings is 1. The molecule has 0 saturated carbocycles. The number of hydrogen-bond acceptors (Lipinski definition) is 5. The fourth-order valence-corrected chi connectivity index (χ4v) is 2.51. The molecule has 1 aromatic heterocycles. The molecule has 1 atom stereocenters. The Morgan fingerprint density at radius 1 is 1.19 bits per heavy atom. The molecule has 1 heterocycles. The fourth-order valence-electron chi connectivity index (χ4n) is 2.51. The number of aromatic amines is 1. The van der Waals surface area contributed by atoms with E-state index in [1.807, 2.05) is 13.8 Å². The number of nitrogens with one attached hydrogen (secondary N) is 2. The normalized spacial score (nSPS) is 11.9. The van der Waals surface area contributed by atoms with E-state index in [0.29, 0.717) is 23.6 Å². The Balaban J connectivity index is 2.18. The maximum Gasteiger partial charge on any atom is 0.326 e. The summed E-state index contributed by atoms with van der Waals surface area (Å²) >= 11 is 0. The number of carbonyl (C=O) groups excluding carboxylic acids is 1. The number of methoxy groups -OCH3 is 2. The van der Waals surface area contributed by atoms with Crippen LogP contribution in [0.3, 0.4) is 0 Å². The van der Waals surface area contributed by atoms with Crippen LogP contribution in [0.25, 0.3) is 11.3 Å². The van der Waals surface area contributed by atoms with E-state index >= 15 is 0 Å². The number of amides is 1. The molecule has 1 aromatic carbocycles. The van der Waals surface area contributed by atoms with E-state index in [1.165, 1.54) is 7.11 Å². The largest absolute Gasteiger partial charge is 0.493 e. The van der Waals surface area contributed by atoms with Crippen molar-refractivity contribution < 1.29 is 24.2 Å². The van der Waals surface area contributed by atoms with Gasteiger partial charge < -0.3 is 19.9 Å². The van der Waals surface area contributed by atoms with Gasteiger partial charge >= 0.3 is 5.97 Å². The minimum absolute atomic E-state index is 0.139. The molecule has 0 aliphatic heterocycles. The molecular weight excluding hydrogens is 338 g/mol. The van der Waals surface area contributed by atoms with Crippen LogP contribution in [0.1, 0.15) is 30.8 Å². The van der Waals surface area contributed by atoms with Crippen molar-refractivity contribution in [2.75, 3.05) is 14.2 Å². The topological polar surface area (TPSA) is 114 Å². The number of carbonyl (C=O) groups is 2. The number of H-pyrrole nitrogens is 1. The van der Waals surface area contributed by atoms with Crippen LogP contribution in [0.4, 0.5) is 0 Å². The first kappa shape index (κ1) is 19.3. The first-order valence-corrected chi connectivity index (χ1v) is 8.17. The van der Waals surface area contributed by atoms with Gasteiger partial charge in [0.25, 0.3) is 5.91 Å². The first-order chi connectivity index (χ1) is 12.3. The van der Waals surface area contributed by atoms with Gasteiger partial charge in [0.1, 0.15) is 11.7 Å². The van der Waals surface area contributed by atoms with E-state index in [9.17, 15) is 14.7 Å². The average molecular weight is 361 g/mol. The molecule has 0 radical (unpaired) electrons. The Bertz CT molecular complexity index is 785. The zero-order valence-electron chi connectivity index (χ0n) is 15.2. The minimum Gasteiger partial charge on any atom is -0.493 e. The van der Waals surface area contributed by atoms with Crippen molar-refractivity contribution in [1.29, 1.82) is 0 Å². The van der Waals surface area contributed by atoms with E-state index in [0.717, 1.165) is 5.56 Å². The van der Waals surface area contributed by atoms with Gasteiger partial charge in [0.2, 0.25) is 0 Å². The Hall–Kier alpha value is -3.03. The monoisotopic (exact) mass is 361 g/mol. The lowest BCUT2D eigenvalue weighted by Gasteiger charge is -2.15. The first-order valence-electron chi connectivity index (χ1n) is 8.17. The number of hydrogen-bond donors (Lipinski definition) is 3. The number of aliphatic carboxylic acids is 1. The van der Waals surface area contributed by atoms with Crippen LogP contribution in [0.2, 0.25) is 0 Å². The molecule has 26 heavy (non-hydrogen) atoms. The quantitative estimate of drug-likeness (QED) is 0.665.